The predicted molar refractivity (Wildman–Crippen MR) is 81.4 cm³/mol. The standard InChI is InChI=1S/C14H16N6O/c1-20(2)9-16-13-12(8-15)14(19-18-13)17-10-4-6-11(21-3)7-5-10/h4-7,9H,1-3H3,(H2,17,18,19). The molecule has 21 heavy (non-hydrogen) atoms. The van der Waals surface area contributed by atoms with E-state index in [-0.39, 0.29) is 0 Å². The third-order valence-electron chi connectivity index (χ3n) is 2.63. The van der Waals surface area contributed by atoms with Crippen molar-refractivity contribution in [2.24, 2.45) is 4.99 Å². The molecular formula is C14H16N6O. The van der Waals surface area contributed by atoms with Crippen LogP contribution in [0.1, 0.15) is 5.56 Å². The first kappa shape index (κ1) is 14.4. The molecule has 1 heterocycles. The number of nitrogens with zero attached hydrogens (tertiary/aromatic N) is 4. The zero-order valence-electron chi connectivity index (χ0n) is 12.1. The number of nitriles is 1. The normalized spacial score (nSPS) is 10.4. The molecule has 1 aromatic carbocycles. The molecule has 0 aliphatic heterocycles. The SMILES string of the molecule is COc1ccc(Nc2n[nH]c(N=CN(C)C)c2C#N)cc1. The number of hydrogen-bond donors (Lipinski definition) is 2. The summed E-state index contributed by atoms with van der Waals surface area (Å²) in [7, 11) is 5.31. The summed E-state index contributed by atoms with van der Waals surface area (Å²) in [6, 6.07) is 9.44. The van der Waals surface area contributed by atoms with E-state index >= 15 is 0 Å². The van der Waals surface area contributed by atoms with Crippen LogP contribution in [0.5, 0.6) is 5.75 Å². The third-order valence-corrected chi connectivity index (χ3v) is 2.63. The van der Waals surface area contributed by atoms with E-state index in [9.17, 15) is 5.26 Å². The Kier molecular flexibility index (Phi) is 4.41. The van der Waals surface area contributed by atoms with Crippen LogP contribution in [0.2, 0.25) is 0 Å². The number of ether oxygens (including phenoxy) is 1. The monoisotopic (exact) mass is 284 g/mol. The van der Waals surface area contributed by atoms with Crippen molar-refractivity contribution in [1.82, 2.24) is 15.1 Å². The Balaban J connectivity index is 2.22. The van der Waals surface area contributed by atoms with E-state index in [0.29, 0.717) is 17.2 Å². The van der Waals surface area contributed by atoms with E-state index in [0.717, 1.165) is 11.4 Å². The molecule has 0 unspecified atom stereocenters. The fourth-order valence-electron chi connectivity index (χ4n) is 1.61. The molecule has 108 valence electrons. The molecule has 0 saturated carbocycles. The van der Waals surface area contributed by atoms with Crippen LogP contribution in [0.4, 0.5) is 17.3 Å². The van der Waals surface area contributed by atoms with Crippen LogP contribution >= 0.6 is 0 Å². The maximum atomic E-state index is 9.26. The highest BCUT2D eigenvalue weighted by atomic mass is 16.5. The van der Waals surface area contributed by atoms with Crippen molar-refractivity contribution in [3.63, 3.8) is 0 Å². The van der Waals surface area contributed by atoms with Crippen molar-refractivity contribution in [3.8, 4) is 11.8 Å². The summed E-state index contributed by atoms with van der Waals surface area (Å²) >= 11 is 0. The summed E-state index contributed by atoms with van der Waals surface area (Å²) in [5.41, 5.74) is 1.17. The molecule has 0 aliphatic carbocycles. The number of methoxy groups -OCH3 is 1. The van der Waals surface area contributed by atoms with Gasteiger partial charge in [0.1, 0.15) is 17.4 Å². The number of hydrogen-bond acceptors (Lipinski definition) is 5. The molecule has 0 radical (unpaired) electrons. The molecule has 0 atom stereocenters. The lowest BCUT2D eigenvalue weighted by Gasteiger charge is -2.04. The minimum Gasteiger partial charge on any atom is -0.497 e. The van der Waals surface area contributed by atoms with E-state index in [1.165, 1.54) is 0 Å². The van der Waals surface area contributed by atoms with E-state index in [1.54, 1.807) is 18.3 Å². The lowest BCUT2D eigenvalue weighted by atomic mass is 10.2. The number of nitrogens with one attached hydrogen (secondary N) is 2. The summed E-state index contributed by atoms with van der Waals surface area (Å²) < 4.78 is 5.10. The van der Waals surface area contributed by atoms with Crippen LogP contribution in [0.15, 0.2) is 29.3 Å². The van der Waals surface area contributed by atoms with Crippen molar-refractivity contribution in [2.45, 2.75) is 0 Å². The minimum absolute atomic E-state index is 0.365. The van der Waals surface area contributed by atoms with Crippen LogP contribution in [0, 0.1) is 11.3 Å². The van der Waals surface area contributed by atoms with Gasteiger partial charge in [-0.15, -0.1) is 0 Å². The molecule has 2 rings (SSSR count). The first-order valence-electron chi connectivity index (χ1n) is 6.24. The second kappa shape index (κ2) is 6.43. The summed E-state index contributed by atoms with van der Waals surface area (Å²) in [6.45, 7) is 0. The number of aliphatic imine (C=N–C) groups is 1. The lowest BCUT2D eigenvalue weighted by Crippen LogP contribution is -2.07. The van der Waals surface area contributed by atoms with E-state index in [1.807, 2.05) is 38.4 Å². The van der Waals surface area contributed by atoms with Crippen LogP contribution in [0.3, 0.4) is 0 Å². The molecule has 2 N–H and O–H groups in total. The van der Waals surface area contributed by atoms with Crippen molar-refractivity contribution >= 4 is 23.7 Å². The van der Waals surface area contributed by atoms with Gasteiger partial charge >= 0.3 is 0 Å². The zero-order valence-corrected chi connectivity index (χ0v) is 12.1. The molecule has 0 bridgehead atoms. The third kappa shape index (κ3) is 3.51. The van der Waals surface area contributed by atoms with E-state index in [2.05, 4.69) is 26.6 Å². The molecule has 2 aromatic rings. The van der Waals surface area contributed by atoms with Gasteiger partial charge in [0.25, 0.3) is 0 Å². The quantitative estimate of drug-likeness (QED) is 0.649. The highest BCUT2D eigenvalue weighted by molar-refractivity contribution is 5.71. The van der Waals surface area contributed by atoms with Crippen molar-refractivity contribution in [1.29, 1.82) is 5.26 Å². The van der Waals surface area contributed by atoms with Crippen LogP contribution in [-0.2, 0) is 0 Å². The molecular weight excluding hydrogens is 268 g/mol. The lowest BCUT2D eigenvalue weighted by molar-refractivity contribution is 0.415. The van der Waals surface area contributed by atoms with Crippen molar-refractivity contribution in [3.05, 3.63) is 29.8 Å². The molecule has 0 spiro atoms. The van der Waals surface area contributed by atoms with Crippen molar-refractivity contribution in [2.75, 3.05) is 26.5 Å². The molecule has 0 amide bonds. The highest BCUT2D eigenvalue weighted by Gasteiger charge is 2.12. The Morgan fingerprint density at radius 3 is 2.67 bits per heavy atom. The number of benzene rings is 1. The van der Waals surface area contributed by atoms with Crippen molar-refractivity contribution < 1.29 is 4.74 Å². The summed E-state index contributed by atoms with van der Waals surface area (Å²) in [5.74, 6) is 1.62. The largest absolute Gasteiger partial charge is 0.497 e. The Bertz CT molecular complexity index is 666. The molecule has 1 aromatic heterocycles. The first-order chi connectivity index (χ1) is 10.1. The zero-order chi connectivity index (χ0) is 15.2. The van der Waals surface area contributed by atoms with Gasteiger partial charge in [-0.1, -0.05) is 0 Å². The van der Waals surface area contributed by atoms with Gasteiger partial charge in [-0.3, -0.25) is 5.10 Å². The number of aromatic nitrogens is 2. The number of anilines is 2. The second-order valence-electron chi connectivity index (χ2n) is 4.47. The van der Waals surface area contributed by atoms with E-state index in [4.69, 9.17) is 4.74 Å². The molecule has 0 fully saturated rings. The Hall–Kier alpha value is -3.01. The number of rotatable bonds is 5. The number of H-pyrrole nitrogens is 1. The summed E-state index contributed by atoms with van der Waals surface area (Å²) in [5, 5.41) is 19.2. The smallest absolute Gasteiger partial charge is 0.172 e. The van der Waals surface area contributed by atoms with Gasteiger partial charge < -0.3 is 15.0 Å². The topological polar surface area (TPSA) is 89.3 Å². The average molecular weight is 284 g/mol. The van der Waals surface area contributed by atoms with Crippen LogP contribution in [0.25, 0.3) is 0 Å². The van der Waals surface area contributed by atoms with Gasteiger partial charge in [-0.05, 0) is 24.3 Å². The fourth-order valence-corrected chi connectivity index (χ4v) is 1.61. The second-order valence-corrected chi connectivity index (χ2v) is 4.47. The molecule has 0 aliphatic rings. The Morgan fingerprint density at radius 2 is 2.10 bits per heavy atom. The maximum absolute atomic E-state index is 9.26. The molecule has 0 saturated heterocycles. The van der Waals surface area contributed by atoms with Gasteiger partial charge in [-0.25, -0.2) is 4.99 Å². The van der Waals surface area contributed by atoms with Gasteiger partial charge in [0.05, 0.1) is 13.4 Å². The Labute approximate surface area is 122 Å². The molecule has 7 heteroatoms. The maximum Gasteiger partial charge on any atom is 0.172 e. The van der Waals surface area contributed by atoms with Gasteiger partial charge in [0.2, 0.25) is 0 Å². The minimum atomic E-state index is 0.365. The fraction of sp³-hybridized carbons (Fsp3) is 0.214. The van der Waals surface area contributed by atoms with Gasteiger partial charge in [-0.2, -0.15) is 10.4 Å². The first-order valence-corrected chi connectivity index (χ1v) is 6.24. The van der Waals surface area contributed by atoms with Gasteiger partial charge in [0.15, 0.2) is 11.6 Å². The van der Waals surface area contributed by atoms with E-state index < -0.39 is 0 Å². The summed E-state index contributed by atoms with van der Waals surface area (Å²) in [4.78, 5) is 5.94. The number of aromatic amines is 1. The predicted octanol–water partition coefficient (Wildman–Crippen LogP) is 2.25. The summed E-state index contributed by atoms with van der Waals surface area (Å²) in [6.07, 6.45) is 1.60. The van der Waals surface area contributed by atoms with Crippen LogP contribution < -0.4 is 10.1 Å². The average Bonchev–Trinajstić information content (AvgIpc) is 2.87. The Morgan fingerprint density at radius 1 is 1.38 bits per heavy atom. The molecule has 7 nitrogen and oxygen atoms in total. The highest BCUT2D eigenvalue weighted by Crippen LogP contribution is 2.26. The van der Waals surface area contributed by atoms with Crippen LogP contribution in [-0.4, -0.2) is 42.6 Å². The van der Waals surface area contributed by atoms with Gasteiger partial charge in [0, 0.05) is 19.8 Å².